The lowest BCUT2D eigenvalue weighted by Gasteiger charge is -2.34. The second-order valence-corrected chi connectivity index (χ2v) is 8.82. The Morgan fingerprint density at radius 3 is 2.55 bits per heavy atom. The predicted molar refractivity (Wildman–Crippen MR) is 124 cm³/mol. The standard InChI is InChI=1S/C24H27N5O4/c1-16-13-22-25-15-19(27-7-2-8-27)24(30)29(22)26-23(16)28-9-5-17(6-10-28)33-18-3-4-20-21(14-18)32-12-11-31-20/h3-4,13-15,17H,2,5-12H2,1H3. The Balaban J connectivity index is 1.18. The molecular weight excluding hydrogens is 422 g/mol. The third-order valence-corrected chi connectivity index (χ3v) is 6.60. The van der Waals surface area contributed by atoms with Crippen LogP contribution >= 0.6 is 0 Å². The van der Waals surface area contributed by atoms with Gasteiger partial charge in [-0.15, -0.1) is 5.10 Å². The largest absolute Gasteiger partial charge is 0.490 e. The van der Waals surface area contributed by atoms with E-state index in [1.807, 2.05) is 31.2 Å². The molecule has 6 rings (SSSR count). The Labute approximate surface area is 191 Å². The van der Waals surface area contributed by atoms with E-state index < -0.39 is 0 Å². The fraction of sp³-hybridized carbons (Fsp3) is 0.458. The zero-order valence-electron chi connectivity index (χ0n) is 18.7. The summed E-state index contributed by atoms with van der Waals surface area (Å²) in [4.78, 5) is 21.8. The summed E-state index contributed by atoms with van der Waals surface area (Å²) >= 11 is 0. The Hall–Kier alpha value is -3.49. The van der Waals surface area contributed by atoms with Crippen LogP contribution in [0.2, 0.25) is 0 Å². The van der Waals surface area contributed by atoms with Crippen molar-refractivity contribution < 1.29 is 14.2 Å². The molecule has 9 heteroatoms. The molecule has 0 radical (unpaired) electrons. The first kappa shape index (κ1) is 20.1. The molecule has 0 spiro atoms. The summed E-state index contributed by atoms with van der Waals surface area (Å²) in [6.45, 7) is 6.58. The Kier molecular flexibility index (Phi) is 4.96. The third-order valence-electron chi connectivity index (χ3n) is 6.60. The van der Waals surface area contributed by atoms with Gasteiger partial charge in [0.1, 0.15) is 30.8 Å². The summed E-state index contributed by atoms with van der Waals surface area (Å²) in [5.74, 6) is 3.14. The fourth-order valence-electron chi connectivity index (χ4n) is 4.64. The quantitative estimate of drug-likeness (QED) is 0.601. The van der Waals surface area contributed by atoms with E-state index >= 15 is 0 Å². The maximum atomic E-state index is 13.0. The highest BCUT2D eigenvalue weighted by Gasteiger charge is 2.25. The van der Waals surface area contributed by atoms with Crippen molar-refractivity contribution >= 4 is 17.2 Å². The Morgan fingerprint density at radius 1 is 1.00 bits per heavy atom. The van der Waals surface area contributed by atoms with E-state index in [0.29, 0.717) is 24.5 Å². The van der Waals surface area contributed by atoms with Crippen LogP contribution in [0.15, 0.2) is 35.3 Å². The van der Waals surface area contributed by atoms with E-state index in [1.165, 1.54) is 4.52 Å². The number of nitrogens with zero attached hydrogens (tertiary/aromatic N) is 5. The third kappa shape index (κ3) is 3.71. The van der Waals surface area contributed by atoms with Crippen molar-refractivity contribution in [2.75, 3.05) is 49.2 Å². The minimum absolute atomic E-state index is 0.0993. The van der Waals surface area contributed by atoms with Crippen molar-refractivity contribution in [1.82, 2.24) is 14.6 Å². The summed E-state index contributed by atoms with van der Waals surface area (Å²) in [5.41, 5.74) is 2.14. The van der Waals surface area contributed by atoms with Crippen LogP contribution in [0.1, 0.15) is 24.8 Å². The zero-order valence-corrected chi connectivity index (χ0v) is 18.7. The van der Waals surface area contributed by atoms with E-state index in [9.17, 15) is 4.79 Å². The van der Waals surface area contributed by atoms with Gasteiger partial charge in [-0.05, 0) is 37.1 Å². The summed E-state index contributed by atoms with van der Waals surface area (Å²) < 4.78 is 18.9. The smallest absolute Gasteiger partial charge is 0.298 e. The van der Waals surface area contributed by atoms with Gasteiger partial charge < -0.3 is 24.0 Å². The van der Waals surface area contributed by atoms with Crippen LogP contribution in [-0.4, -0.2) is 60.1 Å². The minimum Gasteiger partial charge on any atom is -0.490 e. The molecule has 2 aromatic heterocycles. The van der Waals surface area contributed by atoms with Crippen molar-refractivity contribution in [3.63, 3.8) is 0 Å². The number of ether oxygens (including phenoxy) is 3. The van der Waals surface area contributed by atoms with Gasteiger partial charge in [-0.2, -0.15) is 4.52 Å². The number of aromatic nitrogens is 3. The van der Waals surface area contributed by atoms with Gasteiger partial charge >= 0.3 is 0 Å². The fourth-order valence-corrected chi connectivity index (χ4v) is 4.64. The molecule has 5 heterocycles. The average molecular weight is 450 g/mol. The van der Waals surface area contributed by atoms with Gasteiger partial charge in [0, 0.05) is 45.1 Å². The molecule has 3 aliphatic heterocycles. The van der Waals surface area contributed by atoms with Gasteiger partial charge in [0.25, 0.3) is 5.56 Å². The van der Waals surface area contributed by atoms with Crippen LogP contribution in [0.3, 0.4) is 0 Å². The van der Waals surface area contributed by atoms with Gasteiger partial charge in [-0.25, -0.2) is 4.98 Å². The lowest BCUT2D eigenvalue weighted by Crippen LogP contribution is -2.42. The molecular formula is C24H27N5O4. The molecule has 0 saturated carbocycles. The van der Waals surface area contributed by atoms with Crippen molar-refractivity contribution in [1.29, 1.82) is 0 Å². The van der Waals surface area contributed by atoms with E-state index in [1.54, 1.807) is 6.20 Å². The molecule has 172 valence electrons. The average Bonchev–Trinajstić information content (AvgIpc) is 2.80. The molecule has 0 atom stereocenters. The minimum atomic E-state index is -0.0993. The monoisotopic (exact) mass is 449 g/mol. The Bertz CT molecular complexity index is 1250. The first-order valence-corrected chi connectivity index (χ1v) is 11.6. The molecule has 9 nitrogen and oxygen atoms in total. The number of fused-ring (bicyclic) bond motifs is 2. The van der Waals surface area contributed by atoms with E-state index in [4.69, 9.17) is 19.3 Å². The molecule has 3 aliphatic rings. The molecule has 2 fully saturated rings. The summed E-state index contributed by atoms with van der Waals surface area (Å²) in [6.07, 6.45) is 4.64. The van der Waals surface area contributed by atoms with Gasteiger partial charge in [-0.3, -0.25) is 4.79 Å². The number of aryl methyl sites for hydroxylation is 1. The maximum absolute atomic E-state index is 13.0. The van der Waals surface area contributed by atoms with Crippen molar-refractivity contribution in [2.45, 2.75) is 32.3 Å². The van der Waals surface area contributed by atoms with Crippen LogP contribution in [0.5, 0.6) is 17.2 Å². The van der Waals surface area contributed by atoms with Crippen LogP contribution in [0.4, 0.5) is 11.5 Å². The summed E-state index contributed by atoms with van der Waals surface area (Å²) in [6, 6.07) is 7.69. The molecule has 2 saturated heterocycles. The number of benzene rings is 1. The topological polar surface area (TPSA) is 81.4 Å². The zero-order chi connectivity index (χ0) is 22.4. The number of anilines is 2. The van der Waals surface area contributed by atoms with Gasteiger partial charge in [0.2, 0.25) is 0 Å². The maximum Gasteiger partial charge on any atom is 0.298 e. The molecule has 0 bridgehead atoms. The highest BCUT2D eigenvalue weighted by Crippen LogP contribution is 2.34. The van der Waals surface area contributed by atoms with Crippen molar-refractivity contribution in [2.24, 2.45) is 0 Å². The molecule has 33 heavy (non-hydrogen) atoms. The van der Waals surface area contributed by atoms with Crippen molar-refractivity contribution in [3.8, 4) is 17.2 Å². The second kappa shape index (κ2) is 8.13. The first-order chi connectivity index (χ1) is 16.2. The Morgan fingerprint density at radius 2 is 1.79 bits per heavy atom. The second-order valence-electron chi connectivity index (χ2n) is 8.82. The van der Waals surface area contributed by atoms with Crippen LogP contribution in [0.25, 0.3) is 5.65 Å². The van der Waals surface area contributed by atoms with E-state index in [2.05, 4.69) is 14.8 Å². The van der Waals surface area contributed by atoms with Crippen LogP contribution in [-0.2, 0) is 0 Å². The summed E-state index contributed by atoms with van der Waals surface area (Å²) in [7, 11) is 0. The predicted octanol–water partition coefficient (Wildman–Crippen LogP) is 2.43. The molecule has 0 amide bonds. The molecule has 3 aromatic rings. The van der Waals surface area contributed by atoms with Crippen LogP contribution in [0, 0.1) is 6.92 Å². The SMILES string of the molecule is Cc1cc2ncc(N3CCC3)c(=O)n2nc1N1CCC(Oc2ccc3c(c2)OCCO3)CC1. The first-order valence-electron chi connectivity index (χ1n) is 11.6. The summed E-state index contributed by atoms with van der Waals surface area (Å²) in [5, 5.41) is 4.73. The number of hydrogen-bond acceptors (Lipinski definition) is 8. The lowest BCUT2D eigenvalue weighted by atomic mass is 10.1. The number of hydrogen-bond donors (Lipinski definition) is 0. The molecule has 1 aromatic carbocycles. The molecule has 0 aliphatic carbocycles. The highest BCUT2D eigenvalue weighted by molar-refractivity contribution is 5.55. The number of rotatable bonds is 4. The van der Waals surface area contributed by atoms with E-state index in [0.717, 1.165) is 74.1 Å². The normalized spacial score (nSPS) is 18.3. The molecule has 0 unspecified atom stereocenters. The van der Waals surface area contributed by atoms with E-state index in [-0.39, 0.29) is 11.7 Å². The van der Waals surface area contributed by atoms with Gasteiger partial charge in [0.15, 0.2) is 23.0 Å². The highest BCUT2D eigenvalue weighted by atomic mass is 16.6. The van der Waals surface area contributed by atoms with Crippen molar-refractivity contribution in [3.05, 3.63) is 46.4 Å². The molecule has 0 N–H and O–H groups in total. The number of piperidine rings is 1. The van der Waals surface area contributed by atoms with Gasteiger partial charge in [-0.1, -0.05) is 0 Å². The lowest BCUT2D eigenvalue weighted by molar-refractivity contribution is 0.159. The van der Waals surface area contributed by atoms with Crippen LogP contribution < -0.4 is 29.6 Å². The van der Waals surface area contributed by atoms with Gasteiger partial charge in [0.05, 0.1) is 6.20 Å².